The number of ether oxygens (including phenoxy) is 1. The van der Waals surface area contributed by atoms with Gasteiger partial charge in [-0.15, -0.1) is 0 Å². The van der Waals surface area contributed by atoms with Crippen molar-refractivity contribution in [1.82, 2.24) is 5.06 Å². The molecule has 2 aliphatic heterocycles. The van der Waals surface area contributed by atoms with Crippen molar-refractivity contribution in [2.45, 2.75) is 109 Å². The molecule has 7 aliphatic rings. The van der Waals surface area contributed by atoms with E-state index in [0.29, 0.717) is 22.7 Å². The minimum atomic E-state index is -0.123. The van der Waals surface area contributed by atoms with E-state index in [0.717, 1.165) is 43.6 Å². The molecule has 4 saturated carbocycles. The number of rotatable bonds is 0. The molecule has 4 nitrogen and oxygen atoms in total. The van der Waals surface area contributed by atoms with Gasteiger partial charge in [0, 0.05) is 17.9 Å². The summed E-state index contributed by atoms with van der Waals surface area (Å²) in [6.07, 6.45) is 13.2. The smallest absolute Gasteiger partial charge is 0.0788 e. The minimum absolute atomic E-state index is 0.0582. The molecule has 0 aromatic rings. The first-order valence-electron chi connectivity index (χ1n) is 13.7. The summed E-state index contributed by atoms with van der Waals surface area (Å²) in [5.74, 6) is 3.34. The number of allylic oxidation sites excluding steroid dienone is 1. The Balaban J connectivity index is 1.23. The topological polar surface area (TPSA) is 52.9 Å². The van der Waals surface area contributed by atoms with Crippen LogP contribution in [0.15, 0.2) is 11.6 Å². The van der Waals surface area contributed by atoms with E-state index < -0.39 is 0 Å². The fourth-order valence-corrected chi connectivity index (χ4v) is 11.3. The van der Waals surface area contributed by atoms with Crippen LogP contribution in [0.2, 0.25) is 0 Å². The molecule has 0 aromatic carbocycles. The Hall–Kier alpha value is -0.420. The van der Waals surface area contributed by atoms with E-state index in [1.807, 2.05) is 0 Å². The van der Waals surface area contributed by atoms with Crippen molar-refractivity contribution < 1.29 is 15.1 Å². The van der Waals surface area contributed by atoms with Crippen molar-refractivity contribution >= 4 is 0 Å². The first-order valence-corrected chi connectivity index (χ1v) is 13.7. The molecule has 3 unspecified atom stereocenters. The molecule has 12 atom stereocenters. The third kappa shape index (κ3) is 2.21. The Labute approximate surface area is 193 Å². The predicted molar refractivity (Wildman–Crippen MR) is 123 cm³/mol. The molecule has 0 amide bonds. The highest BCUT2D eigenvalue weighted by molar-refractivity contribution is 5.36. The zero-order valence-electron chi connectivity index (χ0n) is 20.5. The van der Waals surface area contributed by atoms with Crippen molar-refractivity contribution in [2.24, 2.45) is 45.8 Å². The van der Waals surface area contributed by atoms with Gasteiger partial charge in [-0.3, -0.25) is 0 Å². The molecule has 2 spiro atoms. The Bertz CT molecular complexity index is 873. The second-order valence-corrected chi connectivity index (χ2v) is 13.9. The summed E-state index contributed by atoms with van der Waals surface area (Å²) in [5.41, 5.74) is 2.52. The fourth-order valence-electron chi connectivity index (χ4n) is 11.3. The number of nitrogens with zero attached hydrogens (tertiary/aromatic N) is 1. The molecule has 178 valence electrons. The van der Waals surface area contributed by atoms with Crippen molar-refractivity contribution in [3.63, 3.8) is 0 Å². The standard InChI is InChI=1S/C28H43NO3/c1-16-11-23-24(29(31)14-16)17(2)28(32-23)10-8-21-20-6-5-18-12-19(30)7-9-25(18,3)22(20)13-27(21)15-26(27,28)4/h5,16-17,19-24,30-31H,6-15H2,1-4H3/t16-,17+,19-,20-,21-,22?,23+,24-,25-,26?,27?,28+/m0/s1. The lowest BCUT2D eigenvalue weighted by atomic mass is 9.56. The predicted octanol–water partition coefficient (Wildman–Crippen LogP) is 5.18. The first kappa shape index (κ1) is 20.9. The molecule has 4 heteroatoms. The lowest BCUT2D eigenvalue weighted by Gasteiger charge is -2.50. The van der Waals surface area contributed by atoms with Crippen LogP contribution in [0.25, 0.3) is 0 Å². The maximum absolute atomic E-state index is 10.9. The first-order chi connectivity index (χ1) is 15.2. The summed E-state index contributed by atoms with van der Waals surface area (Å²) in [4.78, 5) is 0. The molecular formula is C28H43NO3. The Morgan fingerprint density at radius 3 is 2.75 bits per heavy atom. The lowest BCUT2D eigenvalue weighted by molar-refractivity contribution is -0.182. The molecule has 2 heterocycles. The Kier molecular flexibility index (Phi) is 4.07. The lowest BCUT2D eigenvalue weighted by Crippen LogP contribution is -2.53. The number of fused-ring (bicyclic) bond motifs is 6. The number of hydrogen-bond acceptors (Lipinski definition) is 4. The highest BCUT2D eigenvalue weighted by Gasteiger charge is 2.84. The Morgan fingerprint density at radius 2 is 1.94 bits per heavy atom. The second-order valence-electron chi connectivity index (χ2n) is 13.9. The molecule has 2 N–H and O–H groups in total. The van der Waals surface area contributed by atoms with Crippen LogP contribution >= 0.6 is 0 Å². The van der Waals surface area contributed by atoms with Gasteiger partial charge in [0.1, 0.15) is 0 Å². The van der Waals surface area contributed by atoms with Gasteiger partial charge in [-0.05, 0) is 92.3 Å². The second kappa shape index (κ2) is 6.22. The van der Waals surface area contributed by atoms with Crippen LogP contribution in [-0.4, -0.2) is 45.8 Å². The largest absolute Gasteiger partial charge is 0.393 e. The zero-order chi connectivity index (χ0) is 22.3. The van der Waals surface area contributed by atoms with Crippen LogP contribution in [0.3, 0.4) is 0 Å². The van der Waals surface area contributed by atoms with Crippen molar-refractivity contribution in [1.29, 1.82) is 0 Å². The molecule has 0 radical (unpaired) electrons. The SMILES string of the molecule is C[C@H]1C[C@H]2O[C@]3(CC[C@H]4[C@@H]5CC=C6C[C@@H](O)CC[C@]6(C)C5CC45CC53C)[C@H](C)[C@@H]2N(O)C1. The van der Waals surface area contributed by atoms with Gasteiger partial charge in [0.25, 0.3) is 0 Å². The molecule has 5 aliphatic carbocycles. The number of piperidine rings is 1. The zero-order valence-corrected chi connectivity index (χ0v) is 20.5. The average Bonchev–Trinajstić information content (AvgIpc) is 3.06. The van der Waals surface area contributed by atoms with Gasteiger partial charge in [-0.2, -0.15) is 5.06 Å². The summed E-state index contributed by atoms with van der Waals surface area (Å²) >= 11 is 0. The molecular weight excluding hydrogens is 398 g/mol. The number of hydroxylamine groups is 2. The molecule has 6 fully saturated rings. The van der Waals surface area contributed by atoms with E-state index in [-0.39, 0.29) is 29.3 Å². The number of aliphatic hydroxyl groups is 1. The van der Waals surface area contributed by atoms with Crippen molar-refractivity contribution in [2.75, 3.05) is 6.54 Å². The van der Waals surface area contributed by atoms with Gasteiger partial charge in [-0.1, -0.05) is 39.3 Å². The Morgan fingerprint density at radius 1 is 1.12 bits per heavy atom. The van der Waals surface area contributed by atoms with Gasteiger partial charge in [-0.25, -0.2) is 0 Å². The van der Waals surface area contributed by atoms with Crippen LogP contribution in [0, 0.1) is 45.8 Å². The van der Waals surface area contributed by atoms with Crippen molar-refractivity contribution in [3.05, 3.63) is 11.6 Å². The van der Waals surface area contributed by atoms with Crippen LogP contribution in [0.4, 0.5) is 0 Å². The highest BCUT2D eigenvalue weighted by atomic mass is 16.5. The van der Waals surface area contributed by atoms with Gasteiger partial charge >= 0.3 is 0 Å². The molecule has 2 saturated heterocycles. The summed E-state index contributed by atoms with van der Waals surface area (Å²) < 4.78 is 7.16. The van der Waals surface area contributed by atoms with E-state index >= 15 is 0 Å². The average molecular weight is 442 g/mol. The van der Waals surface area contributed by atoms with Crippen LogP contribution in [-0.2, 0) is 4.74 Å². The van der Waals surface area contributed by atoms with E-state index in [1.54, 1.807) is 10.6 Å². The van der Waals surface area contributed by atoms with Crippen LogP contribution in [0.1, 0.15) is 85.5 Å². The summed E-state index contributed by atoms with van der Waals surface area (Å²) in [6, 6.07) is 0.173. The van der Waals surface area contributed by atoms with E-state index in [9.17, 15) is 10.3 Å². The third-order valence-corrected chi connectivity index (χ3v) is 12.8. The molecule has 32 heavy (non-hydrogen) atoms. The van der Waals surface area contributed by atoms with Crippen LogP contribution < -0.4 is 0 Å². The molecule has 0 aromatic heterocycles. The molecule has 7 rings (SSSR count). The van der Waals surface area contributed by atoms with E-state index in [1.165, 1.54) is 38.5 Å². The molecule has 0 bridgehead atoms. The normalized spacial score (nSPS) is 63.1. The van der Waals surface area contributed by atoms with Gasteiger partial charge < -0.3 is 15.1 Å². The van der Waals surface area contributed by atoms with Gasteiger partial charge in [0.15, 0.2) is 0 Å². The quantitative estimate of drug-likeness (QED) is 0.509. The monoisotopic (exact) mass is 441 g/mol. The summed E-state index contributed by atoms with van der Waals surface area (Å²) in [5, 5.41) is 22.9. The van der Waals surface area contributed by atoms with Gasteiger partial charge in [0.05, 0.1) is 23.9 Å². The minimum Gasteiger partial charge on any atom is -0.393 e. The van der Waals surface area contributed by atoms with E-state index in [2.05, 4.69) is 33.8 Å². The fraction of sp³-hybridized carbons (Fsp3) is 0.929. The van der Waals surface area contributed by atoms with Gasteiger partial charge in [0.2, 0.25) is 0 Å². The number of hydrogen-bond donors (Lipinski definition) is 2. The van der Waals surface area contributed by atoms with E-state index in [4.69, 9.17) is 4.74 Å². The maximum atomic E-state index is 10.9. The number of aliphatic hydroxyl groups excluding tert-OH is 1. The third-order valence-electron chi connectivity index (χ3n) is 12.8. The highest BCUT2D eigenvalue weighted by Crippen LogP contribution is 2.87. The summed E-state index contributed by atoms with van der Waals surface area (Å²) in [7, 11) is 0. The maximum Gasteiger partial charge on any atom is 0.0788 e. The van der Waals surface area contributed by atoms with Crippen LogP contribution in [0.5, 0.6) is 0 Å². The summed E-state index contributed by atoms with van der Waals surface area (Å²) in [6.45, 7) is 10.6. The van der Waals surface area contributed by atoms with Crippen molar-refractivity contribution in [3.8, 4) is 0 Å².